The van der Waals surface area contributed by atoms with Crippen LogP contribution < -0.4 is 0 Å². The predicted octanol–water partition coefficient (Wildman–Crippen LogP) is 3.06. The maximum atomic E-state index is 10.9. The number of nitriles is 1. The summed E-state index contributed by atoms with van der Waals surface area (Å²) in [5.74, 6) is 0.165. The average Bonchev–Trinajstić information content (AvgIpc) is 2.18. The van der Waals surface area contributed by atoms with Crippen LogP contribution in [0.15, 0.2) is 29.2 Å². The summed E-state index contributed by atoms with van der Waals surface area (Å²) in [7, 11) is 0. The van der Waals surface area contributed by atoms with Gasteiger partial charge in [0.1, 0.15) is 10.5 Å². The van der Waals surface area contributed by atoms with Gasteiger partial charge < -0.3 is 0 Å². The van der Waals surface area contributed by atoms with E-state index in [0.717, 1.165) is 4.90 Å². The fourth-order valence-electron chi connectivity index (χ4n) is 1.49. The molecule has 1 saturated carbocycles. The zero-order valence-electron chi connectivity index (χ0n) is 7.87. The summed E-state index contributed by atoms with van der Waals surface area (Å²) < 4.78 is -0.537. The number of carbonyl (C=O) groups is 1. The predicted molar refractivity (Wildman–Crippen MR) is 59.9 cm³/mol. The number of ketones is 1. The van der Waals surface area contributed by atoms with Crippen molar-refractivity contribution in [3.63, 3.8) is 0 Å². The highest BCUT2D eigenvalue weighted by molar-refractivity contribution is 8.01. The van der Waals surface area contributed by atoms with E-state index in [-0.39, 0.29) is 5.78 Å². The van der Waals surface area contributed by atoms with Gasteiger partial charge in [-0.3, -0.25) is 4.79 Å². The third-order valence-electron chi connectivity index (χ3n) is 2.30. The number of thioether (sulfide) groups is 1. The quantitative estimate of drug-likeness (QED) is 0.794. The molecule has 1 aliphatic carbocycles. The number of halogens is 1. The zero-order valence-corrected chi connectivity index (χ0v) is 9.44. The monoisotopic (exact) mass is 237 g/mol. The summed E-state index contributed by atoms with van der Waals surface area (Å²) in [6, 6.07) is 9.53. The van der Waals surface area contributed by atoms with Crippen LogP contribution in [-0.2, 0) is 4.79 Å². The number of carbonyl (C=O) groups excluding carboxylic acids is 1. The Kier molecular flexibility index (Phi) is 2.72. The van der Waals surface area contributed by atoms with Crippen molar-refractivity contribution in [3.8, 4) is 6.07 Å². The van der Waals surface area contributed by atoms with E-state index in [1.54, 1.807) is 12.1 Å². The normalized spacial score (nSPS) is 18.0. The van der Waals surface area contributed by atoms with Crippen LogP contribution in [0.4, 0.5) is 0 Å². The Hall–Kier alpha value is -0.980. The first-order valence-corrected chi connectivity index (χ1v) is 5.71. The molecule has 0 bridgehead atoms. The van der Waals surface area contributed by atoms with Crippen LogP contribution in [0, 0.1) is 11.3 Å². The number of rotatable bonds is 2. The molecule has 1 aliphatic rings. The van der Waals surface area contributed by atoms with Gasteiger partial charge in [-0.1, -0.05) is 11.6 Å². The molecule has 0 spiro atoms. The van der Waals surface area contributed by atoms with Crippen LogP contribution >= 0.6 is 23.4 Å². The number of nitrogens with zero attached hydrogens (tertiary/aromatic N) is 1. The lowest BCUT2D eigenvalue weighted by molar-refractivity contribution is -0.124. The van der Waals surface area contributed by atoms with E-state index >= 15 is 0 Å². The SMILES string of the molecule is N#CC1(Sc2ccc(Cl)cc2)CC(=O)C1. The van der Waals surface area contributed by atoms with Gasteiger partial charge in [-0.15, -0.1) is 11.8 Å². The molecule has 0 N–H and O–H groups in total. The van der Waals surface area contributed by atoms with Crippen molar-refractivity contribution in [2.45, 2.75) is 22.5 Å². The Morgan fingerprint density at radius 3 is 2.40 bits per heavy atom. The van der Waals surface area contributed by atoms with Gasteiger partial charge in [-0.2, -0.15) is 5.26 Å². The lowest BCUT2D eigenvalue weighted by Gasteiger charge is -2.32. The molecule has 4 heteroatoms. The van der Waals surface area contributed by atoms with Crippen molar-refractivity contribution in [1.29, 1.82) is 5.26 Å². The second-order valence-corrected chi connectivity index (χ2v) is 5.45. The van der Waals surface area contributed by atoms with Crippen LogP contribution in [-0.4, -0.2) is 10.5 Å². The third kappa shape index (κ3) is 2.17. The molecule has 1 aromatic carbocycles. The number of Topliss-reactive ketones (excluding diaryl/α,β-unsaturated/α-hetero) is 1. The molecule has 15 heavy (non-hydrogen) atoms. The minimum atomic E-state index is -0.537. The molecule has 0 aromatic heterocycles. The Balaban J connectivity index is 2.12. The number of hydrogen-bond acceptors (Lipinski definition) is 3. The van der Waals surface area contributed by atoms with Crippen LogP contribution in [0.1, 0.15) is 12.8 Å². The third-order valence-corrected chi connectivity index (χ3v) is 3.83. The topological polar surface area (TPSA) is 40.9 Å². The second-order valence-electron chi connectivity index (χ2n) is 3.55. The van der Waals surface area contributed by atoms with Crippen LogP contribution in [0.25, 0.3) is 0 Å². The summed E-state index contributed by atoms with van der Waals surface area (Å²) in [6.45, 7) is 0. The molecule has 1 aromatic rings. The Bertz CT molecular complexity index is 427. The molecule has 0 heterocycles. The summed E-state index contributed by atoms with van der Waals surface area (Å²) in [5.41, 5.74) is 0. The molecule has 0 radical (unpaired) electrons. The van der Waals surface area contributed by atoms with Crippen LogP contribution in [0.3, 0.4) is 0 Å². The zero-order chi connectivity index (χ0) is 10.9. The van der Waals surface area contributed by atoms with Gasteiger partial charge >= 0.3 is 0 Å². The van der Waals surface area contributed by atoms with Gasteiger partial charge in [0.25, 0.3) is 0 Å². The van der Waals surface area contributed by atoms with Gasteiger partial charge in [0.05, 0.1) is 6.07 Å². The van der Waals surface area contributed by atoms with E-state index in [1.165, 1.54) is 11.8 Å². The fourth-order valence-corrected chi connectivity index (χ4v) is 2.85. The summed E-state index contributed by atoms with van der Waals surface area (Å²) >= 11 is 7.21. The number of hydrogen-bond donors (Lipinski definition) is 0. The van der Waals surface area contributed by atoms with Gasteiger partial charge in [0, 0.05) is 22.8 Å². The van der Waals surface area contributed by atoms with Gasteiger partial charge in [0.15, 0.2) is 0 Å². The molecule has 0 amide bonds. The van der Waals surface area contributed by atoms with E-state index < -0.39 is 4.75 Å². The molecule has 0 saturated heterocycles. The highest BCUT2D eigenvalue weighted by Gasteiger charge is 2.44. The minimum absolute atomic E-state index is 0.165. The molecular formula is C11H8ClNOS. The lowest BCUT2D eigenvalue weighted by Crippen LogP contribution is -2.39. The van der Waals surface area contributed by atoms with Crippen molar-refractivity contribution < 1.29 is 4.79 Å². The molecule has 2 nitrogen and oxygen atoms in total. The summed E-state index contributed by atoms with van der Waals surface area (Å²) in [6.07, 6.45) is 0.716. The molecule has 0 unspecified atom stereocenters. The highest BCUT2D eigenvalue weighted by Crippen LogP contribution is 2.45. The first-order valence-electron chi connectivity index (χ1n) is 4.51. The number of benzene rings is 1. The van der Waals surface area contributed by atoms with Crippen molar-refractivity contribution >= 4 is 29.1 Å². The maximum absolute atomic E-state index is 10.9. The maximum Gasteiger partial charge on any atom is 0.137 e. The van der Waals surface area contributed by atoms with E-state index in [2.05, 4.69) is 6.07 Å². The highest BCUT2D eigenvalue weighted by atomic mass is 35.5. The lowest BCUT2D eigenvalue weighted by atomic mass is 9.84. The summed E-state index contributed by atoms with van der Waals surface area (Å²) in [4.78, 5) is 11.9. The van der Waals surface area contributed by atoms with Crippen LogP contribution in [0.5, 0.6) is 0 Å². The summed E-state index contributed by atoms with van der Waals surface area (Å²) in [5, 5.41) is 9.70. The molecule has 0 aliphatic heterocycles. The molecule has 76 valence electrons. The van der Waals surface area contributed by atoms with Gasteiger partial charge in [-0.25, -0.2) is 0 Å². The average molecular weight is 238 g/mol. The Morgan fingerprint density at radius 1 is 1.33 bits per heavy atom. The van der Waals surface area contributed by atoms with Gasteiger partial charge in [-0.05, 0) is 24.3 Å². The molecule has 0 atom stereocenters. The van der Waals surface area contributed by atoms with Crippen molar-refractivity contribution in [2.24, 2.45) is 0 Å². The molecule has 1 fully saturated rings. The van der Waals surface area contributed by atoms with Crippen LogP contribution in [0.2, 0.25) is 5.02 Å². The second kappa shape index (κ2) is 3.88. The fraction of sp³-hybridized carbons (Fsp3) is 0.273. The first kappa shape index (κ1) is 10.5. The Morgan fingerprint density at radius 2 is 1.93 bits per heavy atom. The van der Waals surface area contributed by atoms with E-state index in [0.29, 0.717) is 17.9 Å². The Labute approximate surface area is 97.2 Å². The smallest absolute Gasteiger partial charge is 0.137 e. The molecular weight excluding hydrogens is 230 g/mol. The van der Waals surface area contributed by atoms with Crippen molar-refractivity contribution in [2.75, 3.05) is 0 Å². The van der Waals surface area contributed by atoms with Gasteiger partial charge in [0.2, 0.25) is 0 Å². The molecule has 2 rings (SSSR count). The van der Waals surface area contributed by atoms with Crippen molar-refractivity contribution in [1.82, 2.24) is 0 Å². The van der Waals surface area contributed by atoms with E-state index in [9.17, 15) is 4.79 Å². The first-order chi connectivity index (χ1) is 7.13. The standard InChI is InChI=1S/C11H8ClNOS/c12-8-1-3-10(4-2-8)15-11(7-13)5-9(14)6-11/h1-4H,5-6H2. The van der Waals surface area contributed by atoms with Crippen molar-refractivity contribution in [3.05, 3.63) is 29.3 Å². The largest absolute Gasteiger partial charge is 0.300 e. The van der Waals surface area contributed by atoms with E-state index in [4.69, 9.17) is 16.9 Å². The van der Waals surface area contributed by atoms with E-state index in [1.807, 2.05) is 12.1 Å². The minimum Gasteiger partial charge on any atom is -0.300 e.